The monoisotopic (exact) mass is 318 g/mol. The van der Waals surface area contributed by atoms with E-state index in [1.165, 1.54) is 26.4 Å². The number of esters is 1. The molecule has 2 amide bonds. The number of ether oxygens (including phenoxy) is 1. The summed E-state index contributed by atoms with van der Waals surface area (Å²) in [6.07, 6.45) is 5.89. The highest BCUT2D eigenvalue weighted by molar-refractivity contribution is 5.76. The molecular formula is C18H26N2O3. The lowest BCUT2D eigenvalue weighted by Gasteiger charge is -2.28. The molecule has 0 spiro atoms. The molecule has 1 fully saturated rings. The number of benzene rings is 1. The maximum Gasteiger partial charge on any atom is 0.317 e. The van der Waals surface area contributed by atoms with E-state index in [1.54, 1.807) is 4.90 Å². The minimum atomic E-state index is -0.298. The van der Waals surface area contributed by atoms with Crippen molar-refractivity contribution >= 4 is 12.0 Å². The van der Waals surface area contributed by atoms with Crippen LogP contribution in [0.4, 0.5) is 4.79 Å². The second-order valence-corrected chi connectivity index (χ2v) is 6.02. The lowest BCUT2D eigenvalue weighted by Crippen LogP contribution is -2.45. The SMILES string of the molecule is COC(=O)CCN(Cc1ccccc1)C(=O)NC1CCCCC1. The number of rotatable bonds is 6. The van der Waals surface area contributed by atoms with E-state index in [2.05, 4.69) is 10.1 Å². The Bertz CT molecular complexity index is 498. The number of carbonyl (C=O) groups excluding carboxylic acids is 2. The molecule has 1 saturated carbocycles. The quantitative estimate of drug-likeness (QED) is 0.820. The van der Waals surface area contributed by atoms with Gasteiger partial charge in [-0.1, -0.05) is 49.6 Å². The van der Waals surface area contributed by atoms with Gasteiger partial charge in [0.1, 0.15) is 0 Å². The van der Waals surface area contributed by atoms with Crippen molar-refractivity contribution in [1.82, 2.24) is 10.2 Å². The lowest BCUT2D eigenvalue weighted by molar-refractivity contribution is -0.140. The van der Waals surface area contributed by atoms with Crippen LogP contribution in [-0.4, -0.2) is 36.6 Å². The fourth-order valence-corrected chi connectivity index (χ4v) is 2.90. The molecule has 1 aliphatic rings. The van der Waals surface area contributed by atoms with Crippen LogP contribution in [0.15, 0.2) is 30.3 Å². The molecule has 0 saturated heterocycles. The predicted octanol–water partition coefficient (Wildman–Crippen LogP) is 3.09. The van der Waals surface area contributed by atoms with E-state index in [0.717, 1.165) is 18.4 Å². The maximum atomic E-state index is 12.6. The van der Waals surface area contributed by atoms with Crippen LogP contribution in [0.1, 0.15) is 44.1 Å². The minimum Gasteiger partial charge on any atom is -0.469 e. The molecule has 23 heavy (non-hydrogen) atoms. The summed E-state index contributed by atoms with van der Waals surface area (Å²) in [5, 5.41) is 3.12. The summed E-state index contributed by atoms with van der Waals surface area (Å²) >= 11 is 0. The van der Waals surface area contributed by atoms with E-state index >= 15 is 0 Å². The molecule has 0 aliphatic heterocycles. The van der Waals surface area contributed by atoms with E-state index in [4.69, 9.17) is 0 Å². The molecule has 1 aromatic rings. The molecule has 1 N–H and O–H groups in total. The van der Waals surface area contributed by atoms with Crippen LogP contribution in [0.3, 0.4) is 0 Å². The molecule has 1 aliphatic carbocycles. The van der Waals surface area contributed by atoms with Gasteiger partial charge in [0.2, 0.25) is 0 Å². The summed E-state index contributed by atoms with van der Waals surface area (Å²) in [5.74, 6) is -0.298. The van der Waals surface area contributed by atoms with Gasteiger partial charge < -0.3 is 15.0 Å². The maximum absolute atomic E-state index is 12.6. The Labute approximate surface area is 138 Å². The van der Waals surface area contributed by atoms with E-state index < -0.39 is 0 Å². The third-order valence-corrected chi connectivity index (χ3v) is 4.25. The van der Waals surface area contributed by atoms with Gasteiger partial charge in [-0.05, 0) is 18.4 Å². The van der Waals surface area contributed by atoms with Crippen molar-refractivity contribution in [2.24, 2.45) is 0 Å². The van der Waals surface area contributed by atoms with Crippen molar-refractivity contribution in [1.29, 1.82) is 0 Å². The summed E-state index contributed by atoms with van der Waals surface area (Å²) < 4.78 is 4.68. The topological polar surface area (TPSA) is 58.6 Å². The molecule has 0 heterocycles. The normalized spacial score (nSPS) is 15.0. The van der Waals surface area contributed by atoms with Crippen LogP contribution >= 0.6 is 0 Å². The lowest BCUT2D eigenvalue weighted by atomic mass is 9.96. The van der Waals surface area contributed by atoms with Crippen LogP contribution in [0.2, 0.25) is 0 Å². The van der Waals surface area contributed by atoms with Gasteiger partial charge in [0, 0.05) is 19.1 Å². The molecule has 0 unspecified atom stereocenters. The van der Waals surface area contributed by atoms with E-state index in [9.17, 15) is 9.59 Å². The molecule has 2 rings (SSSR count). The number of nitrogens with zero attached hydrogens (tertiary/aromatic N) is 1. The molecule has 0 radical (unpaired) electrons. The van der Waals surface area contributed by atoms with E-state index in [0.29, 0.717) is 13.1 Å². The average Bonchev–Trinajstić information content (AvgIpc) is 2.60. The van der Waals surface area contributed by atoms with Crippen LogP contribution in [0, 0.1) is 0 Å². The Morgan fingerprint density at radius 3 is 2.52 bits per heavy atom. The largest absolute Gasteiger partial charge is 0.469 e. The van der Waals surface area contributed by atoms with Crippen molar-refractivity contribution < 1.29 is 14.3 Å². The van der Waals surface area contributed by atoms with Crippen molar-refractivity contribution in [2.75, 3.05) is 13.7 Å². The van der Waals surface area contributed by atoms with Gasteiger partial charge in [0.25, 0.3) is 0 Å². The van der Waals surface area contributed by atoms with Crippen molar-refractivity contribution in [2.45, 2.75) is 51.1 Å². The third-order valence-electron chi connectivity index (χ3n) is 4.25. The second kappa shape index (κ2) is 9.18. The highest BCUT2D eigenvalue weighted by atomic mass is 16.5. The fourth-order valence-electron chi connectivity index (χ4n) is 2.90. The second-order valence-electron chi connectivity index (χ2n) is 6.02. The molecule has 1 aromatic carbocycles. The minimum absolute atomic E-state index is 0.0929. The van der Waals surface area contributed by atoms with Gasteiger partial charge in [-0.2, -0.15) is 0 Å². The Hall–Kier alpha value is -2.04. The standard InChI is InChI=1S/C18H26N2O3/c1-23-17(21)12-13-20(14-15-8-4-2-5-9-15)18(22)19-16-10-6-3-7-11-16/h2,4-5,8-9,16H,3,6-7,10-14H2,1H3,(H,19,22). The Balaban J connectivity index is 1.95. The molecular weight excluding hydrogens is 292 g/mol. The number of hydrogen-bond donors (Lipinski definition) is 1. The van der Waals surface area contributed by atoms with Crippen LogP contribution in [0.25, 0.3) is 0 Å². The zero-order valence-electron chi connectivity index (χ0n) is 13.8. The van der Waals surface area contributed by atoms with Gasteiger partial charge in [0.05, 0.1) is 13.5 Å². The molecule has 0 atom stereocenters. The molecule has 0 aromatic heterocycles. The first kappa shape index (κ1) is 17.3. The zero-order chi connectivity index (χ0) is 16.5. The first-order valence-corrected chi connectivity index (χ1v) is 8.35. The first-order valence-electron chi connectivity index (χ1n) is 8.35. The summed E-state index contributed by atoms with van der Waals surface area (Å²) in [6.45, 7) is 0.858. The van der Waals surface area contributed by atoms with E-state index in [1.807, 2.05) is 30.3 Å². The number of methoxy groups -OCH3 is 1. The summed E-state index contributed by atoms with van der Waals surface area (Å²) in [5.41, 5.74) is 1.05. The highest BCUT2D eigenvalue weighted by Gasteiger charge is 2.20. The van der Waals surface area contributed by atoms with Crippen molar-refractivity contribution in [3.63, 3.8) is 0 Å². The summed E-state index contributed by atoms with van der Waals surface area (Å²) in [4.78, 5) is 25.7. The molecule has 5 heteroatoms. The number of amides is 2. The van der Waals surface area contributed by atoms with Crippen molar-refractivity contribution in [3.05, 3.63) is 35.9 Å². The summed E-state index contributed by atoms with van der Waals surface area (Å²) in [7, 11) is 1.37. The number of carbonyl (C=O) groups is 2. The van der Waals surface area contributed by atoms with Crippen LogP contribution in [-0.2, 0) is 16.1 Å². The smallest absolute Gasteiger partial charge is 0.317 e. The molecule has 5 nitrogen and oxygen atoms in total. The first-order chi connectivity index (χ1) is 11.2. The van der Waals surface area contributed by atoms with Gasteiger partial charge in [0.15, 0.2) is 0 Å². The third kappa shape index (κ3) is 5.93. The van der Waals surface area contributed by atoms with Gasteiger partial charge in [-0.25, -0.2) is 4.79 Å². The van der Waals surface area contributed by atoms with Crippen LogP contribution in [0.5, 0.6) is 0 Å². The molecule has 0 bridgehead atoms. The van der Waals surface area contributed by atoms with Crippen LogP contribution < -0.4 is 5.32 Å². The predicted molar refractivity (Wildman–Crippen MR) is 88.9 cm³/mol. The Morgan fingerprint density at radius 2 is 1.87 bits per heavy atom. The zero-order valence-corrected chi connectivity index (χ0v) is 13.8. The Kier molecular flexibility index (Phi) is 6.91. The van der Waals surface area contributed by atoms with Gasteiger partial charge >= 0.3 is 12.0 Å². The van der Waals surface area contributed by atoms with Gasteiger partial charge in [-0.3, -0.25) is 4.79 Å². The number of urea groups is 1. The Morgan fingerprint density at radius 1 is 1.17 bits per heavy atom. The molecule has 126 valence electrons. The fraction of sp³-hybridized carbons (Fsp3) is 0.556. The van der Waals surface area contributed by atoms with Crippen molar-refractivity contribution in [3.8, 4) is 0 Å². The number of nitrogens with one attached hydrogen (secondary N) is 1. The number of hydrogen-bond acceptors (Lipinski definition) is 3. The van der Waals surface area contributed by atoms with Gasteiger partial charge in [-0.15, -0.1) is 0 Å². The summed E-state index contributed by atoms with van der Waals surface area (Å²) in [6, 6.07) is 9.99. The highest BCUT2D eigenvalue weighted by Crippen LogP contribution is 2.18. The average molecular weight is 318 g/mol. The van der Waals surface area contributed by atoms with E-state index in [-0.39, 0.29) is 24.5 Å².